The third-order valence-corrected chi connectivity index (χ3v) is 4.11. The number of aryl methyl sites for hydroxylation is 1. The third-order valence-electron chi connectivity index (χ3n) is 4.11. The maximum absolute atomic E-state index is 11.3. The molecule has 1 fully saturated rings. The molecule has 0 spiro atoms. The van der Waals surface area contributed by atoms with Gasteiger partial charge in [0.05, 0.1) is 11.6 Å². The van der Waals surface area contributed by atoms with Gasteiger partial charge in [0.2, 0.25) is 0 Å². The topological polar surface area (TPSA) is 68.0 Å². The van der Waals surface area contributed by atoms with E-state index in [1.807, 2.05) is 13.2 Å². The van der Waals surface area contributed by atoms with Gasteiger partial charge in [0, 0.05) is 13.2 Å². The zero-order chi connectivity index (χ0) is 13.1. The summed E-state index contributed by atoms with van der Waals surface area (Å²) in [6.07, 6.45) is 6.62. The summed E-state index contributed by atoms with van der Waals surface area (Å²) in [6.45, 7) is 2.19. The lowest BCUT2D eigenvalue weighted by atomic mass is 9.71. The average Bonchev–Trinajstić information content (AvgIpc) is 2.74. The lowest BCUT2D eigenvalue weighted by Crippen LogP contribution is -2.32. The molecule has 1 N–H and O–H groups in total. The molecule has 18 heavy (non-hydrogen) atoms. The van der Waals surface area contributed by atoms with Crippen molar-refractivity contribution in [3.63, 3.8) is 0 Å². The van der Waals surface area contributed by atoms with Crippen LogP contribution in [0, 0.1) is 17.8 Å². The van der Waals surface area contributed by atoms with Gasteiger partial charge in [0.1, 0.15) is 0 Å². The summed E-state index contributed by atoms with van der Waals surface area (Å²) in [4.78, 5) is 11.3. The number of carboxylic acids is 1. The lowest BCUT2D eigenvalue weighted by Gasteiger charge is -2.33. The molecule has 5 nitrogen and oxygen atoms in total. The molecule has 3 atom stereocenters. The first kappa shape index (κ1) is 13.1. The average molecular weight is 251 g/mol. The van der Waals surface area contributed by atoms with E-state index in [1.54, 1.807) is 4.68 Å². The van der Waals surface area contributed by atoms with Crippen LogP contribution < -0.4 is 0 Å². The Hall–Kier alpha value is -1.39. The second kappa shape index (κ2) is 5.50. The Morgan fingerprint density at radius 1 is 1.56 bits per heavy atom. The minimum atomic E-state index is -0.654. The standard InChI is InChI=1S/C13H21N3O2/c1-3-9-4-5-12(13(17)18)10(6-9)7-11-8-16(2)15-14-11/h8-10,12H,3-7H2,1-2H3,(H,17,18). The fourth-order valence-electron chi connectivity index (χ4n) is 3.04. The zero-order valence-corrected chi connectivity index (χ0v) is 11.0. The van der Waals surface area contributed by atoms with Crippen LogP contribution in [0.1, 0.15) is 38.3 Å². The monoisotopic (exact) mass is 251 g/mol. The van der Waals surface area contributed by atoms with Crippen LogP contribution in [0.4, 0.5) is 0 Å². The molecule has 3 unspecified atom stereocenters. The molecule has 0 amide bonds. The Kier molecular flexibility index (Phi) is 3.99. The smallest absolute Gasteiger partial charge is 0.306 e. The number of nitrogens with zero attached hydrogens (tertiary/aromatic N) is 3. The second-order valence-corrected chi connectivity index (χ2v) is 5.38. The summed E-state index contributed by atoms with van der Waals surface area (Å²) in [5.41, 5.74) is 0.908. The summed E-state index contributed by atoms with van der Waals surface area (Å²) in [5.74, 6) is 0.00780. The summed E-state index contributed by atoms with van der Waals surface area (Å²) in [6, 6.07) is 0. The third kappa shape index (κ3) is 2.89. The molecule has 1 aliphatic rings. The van der Waals surface area contributed by atoms with Crippen molar-refractivity contribution in [1.82, 2.24) is 15.0 Å². The van der Waals surface area contributed by atoms with Gasteiger partial charge in [-0.1, -0.05) is 18.6 Å². The zero-order valence-electron chi connectivity index (χ0n) is 11.0. The molecule has 0 bridgehead atoms. The molecule has 1 heterocycles. The first-order valence-corrected chi connectivity index (χ1v) is 6.68. The Labute approximate surface area is 107 Å². The molecule has 0 saturated heterocycles. The molecular weight excluding hydrogens is 230 g/mol. The van der Waals surface area contributed by atoms with E-state index in [0.717, 1.165) is 37.8 Å². The molecule has 1 aliphatic carbocycles. The van der Waals surface area contributed by atoms with E-state index in [-0.39, 0.29) is 11.8 Å². The second-order valence-electron chi connectivity index (χ2n) is 5.38. The Balaban J connectivity index is 2.07. The molecule has 1 aromatic rings. The van der Waals surface area contributed by atoms with E-state index >= 15 is 0 Å². The van der Waals surface area contributed by atoms with Gasteiger partial charge in [0.25, 0.3) is 0 Å². The van der Waals surface area contributed by atoms with E-state index in [4.69, 9.17) is 0 Å². The van der Waals surface area contributed by atoms with Gasteiger partial charge in [-0.3, -0.25) is 9.48 Å². The number of carbonyl (C=O) groups is 1. The van der Waals surface area contributed by atoms with Crippen molar-refractivity contribution in [3.8, 4) is 0 Å². The van der Waals surface area contributed by atoms with E-state index in [1.165, 1.54) is 0 Å². The quantitative estimate of drug-likeness (QED) is 0.887. The predicted molar refractivity (Wildman–Crippen MR) is 67.0 cm³/mol. The van der Waals surface area contributed by atoms with Crippen molar-refractivity contribution in [2.24, 2.45) is 24.8 Å². The predicted octanol–water partition coefficient (Wildman–Crippen LogP) is 1.88. The Morgan fingerprint density at radius 3 is 2.89 bits per heavy atom. The lowest BCUT2D eigenvalue weighted by molar-refractivity contribution is -0.145. The maximum atomic E-state index is 11.3. The molecule has 0 radical (unpaired) electrons. The van der Waals surface area contributed by atoms with Crippen LogP contribution in [0.15, 0.2) is 6.20 Å². The number of aromatic nitrogens is 3. The first-order valence-electron chi connectivity index (χ1n) is 6.68. The van der Waals surface area contributed by atoms with Crippen molar-refractivity contribution < 1.29 is 9.90 Å². The van der Waals surface area contributed by atoms with Crippen LogP contribution in [0.3, 0.4) is 0 Å². The number of aliphatic carboxylic acids is 1. The highest BCUT2D eigenvalue weighted by molar-refractivity contribution is 5.70. The van der Waals surface area contributed by atoms with Crippen molar-refractivity contribution in [2.75, 3.05) is 0 Å². The molecular formula is C13H21N3O2. The van der Waals surface area contributed by atoms with E-state index < -0.39 is 5.97 Å². The normalized spacial score (nSPS) is 28.2. The SMILES string of the molecule is CCC1CCC(C(=O)O)C(Cc2cn(C)nn2)C1. The van der Waals surface area contributed by atoms with Crippen LogP contribution in [0.5, 0.6) is 0 Å². The molecule has 2 rings (SSSR count). The van der Waals surface area contributed by atoms with Gasteiger partial charge in [-0.2, -0.15) is 0 Å². The van der Waals surface area contributed by atoms with Crippen molar-refractivity contribution in [1.29, 1.82) is 0 Å². The van der Waals surface area contributed by atoms with Gasteiger partial charge in [0.15, 0.2) is 0 Å². The minimum Gasteiger partial charge on any atom is -0.481 e. The highest BCUT2D eigenvalue weighted by atomic mass is 16.4. The fraction of sp³-hybridized carbons (Fsp3) is 0.769. The molecule has 0 aromatic carbocycles. The molecule has 0 aliphatic heterocycles. The van der Waals surface area contributed by atoms with Crippen molar-refractivity contribution >= 4 is 5.97 Å². The van der Waals surface area contributed by atoms with Gasteiger partial charge in [-0.25, -0.2) is 0 Å². The van der Waals surface area contributed by atoms with Crippen LogP contribution >= 0.6 is 0 Å². The number of rotatable bonds is 4. The van der Waals surface area contributed by atoms with E-state index in [0.29, 0.717) is 5.92 Å². The molecule has 100 valence electrons. The first-order chi connectivity index (χ1) is 8.60. The highest BCUT2D eigenvalue weighted by Crippen LogP contribution is 2.37. The van der Waals surface area contributed by atoms with Crippen molar-refractivity contribution in [2.45, 2.75) is 39.0 Å². The Morgan fingerprint density at radius 2 is 2.33 bits per heavy atom. The Bertz CT molecular complexity index is 416. The summed E-state index contributed by atoms with van der Waals surface area (Å²) < 4.78 is 1.67. The van der Waals surface area contributed by atoms with E-state index in [9.17, 15) is 9.90 Å². The van der Waals surface area contributed by atoms with E-state index in [2.05, 4.69) is 17.2 Å². The van der Waals surface area contributed by atoms with Gasteiger partial charge in [-0.05, 0) is 37.5 Å². The number of hydrogen-bond donors (Lipinski definition) is 1. The van der Waals surface area contributed by atoms with Crippen LogP contribution in [0.2, 0.25) is 0 Å². The molecule has 5 heteroatoms. The molecule has 1 aromatic heterocycles. The minimum absolute atomic E-state index is 0.206. The summed E-state index contributed by atoms with van der Waals surface area (Å²) in [5, 5.41) is 17.3. The van der Waals surface area contributed by atoms with Crippen LogP contribution in [-0.4, -0.2) is 26.1 Å². The van der Waals surface area contributed by atoms with Crippen LogP contribution in [0.25, 0.3) is 0 Å². The summed E-state index contributed by atoms with van der Waals surface area (Å²) >= 11 is 0. The van der Waals surface area contributed by atoms with Crippen molar-refractivity contribution in [3.05, 3.63) is 11.9 Å². The molecule has 1 saturated carbocycles. The summed E-state index contributed by atoms with van der Waals surface area (Å²) in [7, 11) is 1.83. The van der Waals surface area contributed by atoms with Gasteiger partial charge >= 0.3 is 5.97 Å². The highest BCUT2D eigenvalue weighted by Gasteiger charge is 2.34. The van der Waals surface area contributed by atoms with Gasteiger partial charge < -0.3 is 5.11 Å². The van der Waals surface area contributed by atoms with Crippen LogP contribution in [-0.2, 0) is 18.3 Å². The fourth-order valence-corrected chi connectivity index (χ4v) is 3.04. The number of carboxylic acid groups (broad SMARTS) is 1. The number of hydrogen-bond acceptors (Lipinski definition) is 3. The van der Waals surface area contributed by atoms with Gasteiger partial charge in [-0.15, -0.1) is 5.10 Å². The largest absolute Gasteiger partial charge is 0.481 e. The maximum Gasteiger partial charge on any atom is 0.306 e.